The van der Waals surface area contributed by atoms with Gasteiger partial charge in [-0.25, -0.2) is 17.4 Å². The van der Waals surface area contributed by atoms with Crippen LogP contribution in [-0.2, 0) is 16.4 Å². The molecule has 0 unspecified atom stereocenters. The van der Waals surface area contributed by atoms with E-state index >= 15 is 0 Å². The van der Waals surface area contributed by atoms with E-state index in [4.69, 9.17) is 0 Å². The van der Waals surface area contributed by atoms with Crippen LogP contribution in [0.25, 0.3) is 10.9 Å². The Morgan fingerprint density at radius 2 is 1.91 bits per heavy atom. The van der Waals surface area contributed by atoms with Gasteiger partial charge >= 0.3 is 6.61 Å². The number of nitrogens with one attached hydrogen (secondary N) is 1. The Labute approximate surface area is 195 Å². The van der Waals surface area contributed by atoms with Gasteiger partial charge in [-0.05, 0) is 55.3 Å². The summed E-state index contributed by atoms with van der Waals surface area (Å²) < 4.78 is 72.0. The van der Waals surface area contributed by atoms with Crippen LogP contribution in [0.15, 0.2) is 65.7 Å². The molecule has 0 radical (unpaired) electrons. The van der Waals surface area contributed by atoms with Gasteiger partial charge < -0.3 is 10.1 Å². The first-order valence-corrected chi connectivity index (χ1v) is 12.0. The van der Waals surface area contributed by atoms with Crippen LogP contribution in [0.3, 0.4) is 0 Å². The molecule has 0 saturated carbocycles. The van der Waals surface area contributed by atoms with Gasteiger partial charge in [0.2, 0.25) is 5.95 Å². The molecule has 0 atom stereocenters. The van der Waals surface area contributed by atoms with Crippen LogP contribution in [0.1, 0.15) is 24.6 Å². The van der Waals surface area contributed by atoms with E-state index in [9.17, 15) is 21.6 Å². The van der Waals surface area contributed by atoms with E-state index in [0.29, 0.717) is 23.3 Å². The molecule has 0 aliphatic heterocycles. The molecule has 0 bridgehead atoms. The van der Waals surface area contributed by atoms with Crippen molar-refractivity contribution in [3.63, 3.8) is 0 Å². The van der Waals surface area contributed by atoms with E-state index in [1.807, 2.05) is 6.92 Å². The van der Waals surface area contributed by atoms with E-state index in [0.717, 1.165) is 27.4 Å². The summed E-state index contributed by atoms with van der Waals surface area (Å²) in [5, 5.41) is 3.65. The van der Waals surface area contributed by atoms with Crippen molar-refractivity contribution in [1.82, 2.24) is 8.96 Å². The van der Waals surface area contributed by atoms with Crippen molar-refractivity contribution >= 4 is 32.3 Å². The third kappa shape index (κ3) is 4.72. The minimum Gasteiger partial charge on any atom is -0.435 e. The maximum absolute atomic E-state index is 14.2. The Balaban J connectivity index is 1.82. The largest absolute Gasteiger partial charge is 0.435 e. The number of nitrogens with zero attached hydrogens (tertiary/aromatic N) is 2. The topological polar surface area (TPSA) is 73.2 Å². The van der Waals surface area contributed by atoms with E-state index < -0.39 is 22.6 Å². The normalized spacial score (nSPS) is 11.8. The number of alkyl halides is 2. The molecule has 0 spiro atoms. The fourth-order valence-corrected chi connectivity index (χ4v) is 5.13. The molecule has 0 amide bonds. The fourth-order valence-electron chi connectivity index (χ4n) is 3.71. The van der Waals surface area contributed by atoms with Crippen molar-refractivity contribution in [2.24, 2.45) is 0 Å². The molecule has 2 heterocycles. The number of hydrogen-bond acceptors (Lipinski definition) is 5. The monoisotopic (exact) mass is 489 g/mol. The van der Waals surface area contributed by atoms with Gasteiger partial charge in [0.1, 0.15) is 5.75 Å². The number of fused-ring (bicyclic) bond motifs is 1. The standard InChI is InChI=1S/C24H22F3N3O3S/c1-3-5-16-14-30(34(31,32)19-7-4-6-18(13-19)33-24(26)27)22-12-17(9-10-20(16)22)29-21-11-8-15(2)28-23(21)25/h4,6-14,24,29H,3,5H2,1-2H3. The highest BCUT2D eigenvalue weighted by Crippen LogP contribution is 2.31. The van der Waals surface area contributed by atoms with Gasteiger partial charge in [0.15, 0.2) is 0 Å². The molecule has 2 aromatic heterocycles. The van der Waals surface area contributed by atoms with Crippen LogP contribution in [0.5, 0.6) is 5.75 Å². The summed E-state index contributed by atoms with van der Waals surface area (Å²) in [6, 6.07) is 13.3. The average Bonchev–Trinajstić information content (AvgIpc) is 3.14. The molecule has 34 heavy (non-hydrogen) atoms. The minimum absolute atomic E-state index is 0.150. The molecule has 0 saturated heterocycles. The van der Waals surface area contributed by atoms with Crippen molar-refractivity contribution in [2.75, 3.05) is 5.32 Å². The molecule has 1 N–H and O–H groups in total. The smallest absolute Gasteiger partial charge is 0.387 e. The second-order valence-electron chi connectivity index (χ2n) is 7.71. The number of aromatic nitrogens is 2. The van der Waals surface area contributed by atoms with Crippen molar-refractivity contribution < 1.29 is 26.3 Å². The van der Waals surface area contributed by atoms with Gasteiger partial charge in [-0.3, -0.25) is 0 Å². The number of anilines is 2. The van der Waals surface area contributed by atoms with Crippen molar-refractivity contribution in [3.8, 4) is 5.75 Å². The summed E-state index contributed by atoms with van der Waals surface area (Å²) in [5.41, 5.74) is 2.33. The number of benzene rings is 2. The summed E-state index contributed by atoms with van der Waals surface area (Å²) in [6.45, 7) is 0.575. The predicted octanol–water partition coefficient (Wildman–Crippen LogP) is 6.02. The summed E-state index contributed by atoms with van der Waals surface area (Å²) in [5.74, 6) is -0.934. The van der Waals surface area contributed by atoms with Gasteiger partial charge in [0.25, 0.3) is 10.0 Å². The van der Waals surface area contributed by atoms with Crippen LogP contribution in [0, 0.1) is 12.9 Å². The molecule has 4 aromatic rings. The minimum atomic E-state index is -4.15. The zero-order valence-electron chi connectivity index (χ0n) is 18.4. The van der Waals surface area contributed by atoms with Gasteiger partial charge in [-0.15, -0.1) is 0 Å². The number of aryl methyl sites for hydroxylation is 2. The molecule has 178 valence electrons. The number of rotatable bonds is 8. The van der Waals surface area contributed by atoms with E-state index in [1.165, 1.54) is 24.4 Å². The first kappa shape index (κ1) is 23.6. The third-order valence-electron chi connectivity index (χ3n) is 5.23. The van der Waals surface area contributed by atoms with Crippen LogP contribution in [-0.4, -0.2) is 24.0 Å². The lowest BCUT2D eigenvalue weighted by atomic mass is 10.1. The molecule has 0 aliphatic rings. The molecule has 0 fully saturated rings. The Hall–Kier alpha value is -3.53. The number of hydrogen-bond donors (Lipinski definition) is 1. The summed E-state index contributed by atoms with van der Waals surface area (Å²) >= 11 is 0. The highest BCUT2D eigenvalue weighted by atomic mass is 32.2. The van der Waals surface area contributed by atoms with Crippen LogP contribution >= 0.6 is 0 Å². The molecule has 4 rings (SSSR count). The lowest BCUT2D eigenvalue weighted by molar-refractivity contribution is -0.0499. The number of pyridine rings is 1. The van der Waals surface area contributed by atoms with Gasteiger partial charge in [-0.2, -0.15) is 13.2 Å². The Bertz CT molecular complexity index is 1450. The van der Waals surface area contributed by atoms with Crippen LogP contribution in [0.2, 0.25) is 0 Å². The SMILES string of the molecule is CCCc1cn(S(=O)(=O)c2cccc(OC(F)F)c2)c2cc(Nc3ccc(C)nc3F)ccc12. The average molecular weight is 490 g/mol. The maximum atomic E-state index is 14.2. The van der Waals surface area contributed by atoms with E-state index in [1.54, 1.807) is 37.3 Å². The third-order valence-corrected chi connectivity index (χ3v) is 6.90. The molecule has 6 nitrogen and oxygen atoms in total. The lowest BCUT2D eigenvalue weighted by Gasteiger charge is -2.11. The first-order chi connectivity index (χ1) is 16.2. The summed E-state index contributed by atoms with van der Waals surface area (Å²) in [6.07, 6.45) is 2.95. The zero-order valence-corrected chi connectivity index (χ0v) is 19.2. The first-order valence-electron chi connectivity index (χ1n) is 10.5. The Kier molecular flexibility index (Phi) is 6.52. The van der Waals surface area contributed by atoms with E-state index in [2.05, 4.69) is 15.0 Å². The van der Waals surface area contributed by atoms with Crippen molar-refractivity contribution in [3.05, 3.63) is 78.0 Å². The van der Waals surface area contributed by atoms with Crippen LogP contribution in [0.4, 0.5) is 24.5 Å². The quantitative estimate of drug-likeness (QED) is 0.307. The lowest BCUT2D eigenvalue weighted by Crippen LogP contribution is -2.12. The molecule has 2 aromatic carbocycles. The van der Waals surface area contributed by atoms with Gasteiger partial charge in [-0.1, -0.05) is 25.5 Å². The Morgan fingerprint density at radius 3 is 2.62 bits per heavy atom. The summed E-state index contributed by atoms with van der Waals surface area (Å²) in [4.78, 5) is 3.59. The molecular weight excluding hydrogens is 467 g/mol. The predicted molar refractivity (Wildman–Crippen MR) is 124 cm³/mol. The fraction of sp³-hybridized carbons (Fsp3) is 0.208. The van der Waals surface area contributed by atoms with Crippen molar-refractivity contribution in [1.29, 1.82) is 0 Å². The van der Waals surface area contributed by atoms with E-state index in [-0.39, 0.29) is 16.3 Å². The van der Waals surface area contributed by atoms with Gasteiger partial charge in [0.05, 0.1) is 16.1 Å². The molecule has 10 heteroatoms. The zero-order chi connectivity index (χ0) is 24.5. The second-order valence-corrected chi connectivity index (χ2v) is 9.52. The van der Waals surface area contributed by atoms with Gasteiger partial charge in [0, 0.05) is 29.0 Å². The van der Waals surface area contributed by atoms with Crippen LogP contribution < -0.4 is 10.1 Å². The highest BCUT2D eigenvalue weighted by molar-refractivity contribution is 7.90. The number of ether oxygens (including phenoxy) is 1. The maximum Gasteiger partial charge on any atom is 0.387 e. The number of halogens is 3. The molecular formula is C24H22F3N3O3S. The summed E-state index contributed by atoms with van der Waals surface area (Å²) in [7, 11) is -4.15. The second kappa shape index (κ2) is 9.38. The Morgan fingerprint density at radius 1 is 1.12 bits per heavy atom. The molecule has 0 aliphatic carbocycles. The highest BCUT2D eigenvalue weighted by Gasteiger charge is 2.22. The van der Waals surface area contributed by atoms with Crippen molar-refractivity contribution in [2.45, 2.75) is 38.2 Å².